The topological polar surface area (TPSA) is 18.5 Å². The lowest BCUT2D eigenvalue weighted by atomic mass is 10.0. The summed E-state index contributed by atoms with van der Waals surface area (Å²) in [6.45, 7) is 13.7. The monoisotopic (exact) mass is 289 g/mol. The van der Waals surface area contributed by atoms with Crippen LogP contribution in [-0.4, -0.2) is 55.1 Å². The zero-order valence-corrected chi connectivity index (χ0v) is 13.9. The van der Waals surface area contributed by atoms with Crippen molar-refractivity contribution in [1.82, 2.24) is 15.1 Å². The molecule has 1 aromatic carbocycles. The third-order valence-corrected chi connectivity index (χ3v) is 4.59. The van der Waals surface area contributed by atoms with E-state index < -0.39 is 0 Å². The van der Waals surface area contributed by atoms with E-state index in [4.69, 9.17) is 0 Å². The fourth-order valence-electron chi connectivity index (χ4n) is 3.32. The molecule has 3 nitrogen and oxygen atoms in total. The molecular weight excluding hydrogens is 258 g/mol. The second-order valence-corrected chi connectivity index (χ2v) is 6.10. The second-order valence-electron chi connectivity index (χ2n) is 6.10. The lowest BCUT2D eigenvalue weighted by Crippen LogP contribution is -2.53. The van der Waals surface area contributed by atoms with Gasteiger partial charge >= 0.3 is 0 Å². The van der Waals surface area contributed by atoms with E-state index in [0.717, 1.165) is 13.1 Å². The largest absolute Gasteiger partial charge is 0.315 e. The average Bonchev–Trinajstić information content (AvgIpc) is 2.52. The van der Waals surface area contributed by atoms with Gasteiger partial charge in [-0.15, -0.1) is 0 Å². The number of likely N-dealkylation sites (N-methyl/N-ethyl adjacent to an activating group) is 1. The molecule has 0 spiro atoms. The van der Waals surface area contributed by atoms with E-state index in [1.165, 1.54) is 38.2 Å². The fourth-order valence-corrected chi connectivity index (χ4v) is 3.32. The lowest BCUT2D eigenvalue weighted by molar-refractivity contribution is 0.0581. The number of piperazine rings is 1. The molecule has 1 aliphatic rings. The highest BCUT2D eigenvalue weighted by Crippen LogP contribution is 2.23. The van der Waals surface area contributed by atoms with Crippen molar-refractivity contribution in [3.63, 3.8) is 0 Å². The van der Waals surface area contributed by atoms with Crippen molar-refractivity contribution in [2.45, 2.75) is 39.3 Å². The number of hydrogen-bond donors (Lipinski definition) is 1. The molecule has 2 unspecified atom stereocenters. The van der Waals surface area contributed by atoms with Crippen molar-refractivity contribution >= 4 is 0 Å². The van der Waals surface area contributed by atoms with Crippen molar-refractivity contribution in [2.24, 2.45) is 0 Å². The van der Waals surface area contributed by atoms with Gasteiger partial charge in [0.1, 0.15) is 0 Å². The molecule has 1 aromatic rings. The Morgan fingerprint density at radius 3 is 2.57 bits per heavy atom. The second kappa shape index (κ2) is 8.52. The first-order chi connectivity index (χ1) is 10.3. The van der Waals surface area contributed by atoms with Crippen molar-refractivity contribution in [1.29, 1.82) is 0 Å². The van der Waals surface area contributed by atoms with Crippen LogP contribution in [0.1, 0.15) is 38.8 Å². The molecule has 3 heteroatoms. The first-order valence-corrected chi connectivity index (χ1v) is 8.50. The molecule has 1 fully saturated rings. The first kappa shape index (κ1) is 16.5. The number of hydrogen-bond acceptors (Lipinski definition) is 3. The predicted octanol–water partition coefficient (Wildman–Crippen LogP) is 2.75. The molecule has 21 heavy (non-hydrogen) atoms. The Hall–Kier alpha value is -0.900. The molecule has 2 atom stereocenters. The SMILES string of the molecule is CCCNCC(c1ccccc1)N1CCN(CC)C(C)C1. The quantitative estimate of drug-likeness (QED) is 0.779. The molecule has 1 saturated heterocycles. The molecule has 0 saturated carbocycles. The van der Waals surface area contributed by atoms with E-state index in [1.807, 2.05) is 0 Å². The maximum atomic E-state index is 3.62. The van der Waals surface area contributed by atoms with Gasteiger partial charge in [-0.1, -0.05) is 44.2 Å². The molecule has 0 aromatic heterocycles. The predicted molar refractivity (Wildman–Crippen MR) is 90.6 cm³/mol. The minimum atomic E-state index is 0.499. The Labute approximate surface area is 130 Å². The minimum absolute atomic E-state index is 0.499. The van der Waals surface area contributed by atoms with Gasteiger partial charge in [-0.3, -0.25) is 9.80 Å². The van der Waals surface area contributed by atoms with E-state index in [-0.39, 0.29) is 0 Å². The van der Waals surface area contributed by atoms with E-state index in [0.29, 0.717) is 12.1 Å². The van der Waals surface area contributed by atoms with E-state index in [9.17, 15) is 0 Å². The van der Waals surface area contributed by atoms with Crippen LogP contribution in [0.15, 0.2) is 30.3 Å². The van der Waals surface area contributed by atoms with E-state index >= 15 is 0 Å². The first-order valence-electron chi connectivity index (χ1n) is 8.50. The van der Waals surface area contributed by atoms with Gasteiger partial charge in [0.25, 0.3) is 0 Å². The zero-order chi connectivity index (χ0) is 15.1. The van der Waals surface area contributed by atoms with Gasteiger partial charge in [0.2, 0.25) is 0 Å². The molecule has 1 N–H and O–H groups in total. The summed E-state index contributed by atoms with van der Waals surface area (Å²) in [4.78, 5) is 5.24. The maximum absolute atomic E-state index is 3.62. The van der Waals surface area contributed by atoms with Gasteiger partial charge in [0, 0.05) is 38.3 Å². The van der Waals surface area contributed by atoms with Crippen molar-refractivity contribution in [3.05, 3.63) is 35.9 Å². The molecule has 0 radical (unpaired) electrons. The summed E-state index contributed by atoms with van der Waals surface area (Å²) in [5.41, 5.74) is 1.44. The number of nitrogens with zero attached hydrogens (tertiary/aromatic N) is 2. The molecule has 0 bridgehead atoms. The standard InChI is InChI=1S/C18H31N3/c1-4-11-19-14-18(17-9-7-6-8-10-17)21-13-12-20(5-2)16(3)15-21/h6-10,16,18-19H,4-5,11-15H2,1-3H3. The zero-order valence-electron chi connectivity index (χ0n) is 13.9. The molecule has 1 heterocycles. The summed E-state index contributed by atoms with van der Waals surface area (Å²) in [6.07, 6.45) is 1.20. The van der Waals surface area contributed by atoms with Crippen molar-refractivity contribution in [3.8, 4) is 0 Å². The van der Waals surface area contributed by atoms with Crippen LogP contribution in [0.25, 0.3) is 0 Å². The third kappa shape index (κ3) is 4.53. The summed E-state index contributed by atoms with van der Waals surface area (Å²) in [6, 6.07) is 12.1. The normalized spacial score (nSPS) is 22.3. The Kier molecular flexibility index (Phi) is 6.68. The summed E-state index contributed by atoms with van der Waals surface area (Å²) in [5.74, 6) is 0. The Balaban J connectivity index is 2.05. The van der Waals surface area contributed by atoms with Crippen LogP contribution >= 0.6 is 0 Å². The molecule has 0 aliphatic carbocycles. The lowest BCUT2D eigenvalue weighted by Gasteiger charge is -2.43. The van der Waals surface area contributed by atoms with Gasteiger partial charge in [-0.25, -0.2) is 0 Å². The Morgan fingerprint density at radius 1 is 1.19 bits per heavy atom. The van der Waals surface area contributed by atoms with Gasteiger partial charge < -0.3 is 5.32 Å². The number of benzene rings is 1. The third-order valence-electron chi connectivity index (χ3n) is 4.59. The Morgan fingerprint density at radius 2 is 1.95 bits per heavy atom. The molecule has 118 valence electrons. The maximum Gasteiger partial charge on any atom is 0.0473 e. The van der Waals surface area contributed by atoms with Crippen LogP contribution < -0.4 is 5.32 Å². The van der Waals surface area contributed by atoms with Crippen LogP contribution in [0.2, 0.25) is 0 Å². The van der Waals surface area contributed by atoms with Crippen LogP contribution in [0.3, 0.4) is 0 Å². The highest BCUT2D eigenvalue weighted by molar-refractivity contribution is 5.19. The van der Waals surface area contributed by atoms with Gasteiger partial charge in [-0.2, -0.15) is 0 Å². The molecule has 2 rings (SSSR count). The van der Waals surface area contributed by atoms with Crippen LogP contribution in [0, 0.1) is 0 Å². The summed E-state index contributed by atoms with van der Waals surface area (Å²) >= 11 is 0. The van der Waals surface area contributed by atoms with E-state index in [1.54, 1.807) is 0 Å². The number of rotatable bonds is 7. The van der Waals surface area contributed by atoms with Crippen LogP contribution in [-0.2, 0) is 0 Å². The minimum Gasteiger partial charge on any atom is -0.315 e. The molecular formula is C18H31N3. The smallest absolute Gasteiger partial charge is 0.0473 e. The highest BCUT2D eigenvalue weighted by atomic mass is 15.3. The van der Waals surface area contributed by atoms with E-state index in [2.05, 4.69) is 66.2 Å². The van der Waals surface area contributed by atoms with Gasteiger partial charge in [0.05, 0.1) is 0 Å². The summed E-state index contributed by atoms with van der Waals surface area (Å²) < 4.78 is 0. The van der Waals surface area contributed by atoms with Crippen molar-refractivity contribution in [2.75, 3.05) is 39.3 Å². The molecule has 0 amide bonds. The molecule has 1 aliphatic heterocycles. The fraction of sp³-hybridized carbons (Fsp3) is 0.667. The average molecular weight is 289 g/mol. The van der Waals surface area contributed by atoms with Crippen LogP contribution in [0.4, 0.5) is 0 Å². The summed E-state index contributed by atoms with van der Waals surface area (Å²) in [7, 11) is 0. The Bertz CT molecular complexity index is 393. The summed E-state index contributed by atoms with van der Waals surface area (Å²) in [5, 5.41) is 3.62. The van der Waals surface area contributed by atoms with Crippen LogP contribution in [0.5, 0.6) is 0 Å². The highest BCUT2D eigenvalue weighted by Gasteiger charge is 2.28. The van der Waals surface area contributed by atoms with Gasteiger partial charge in [-0.05, 0) is 32.0 Å². The van der Waals surface area contributed by atoms with Crippen molar-refractivity contribution < 1.29 is 0 Å². The number of nitrogens with one attached hydrogen (secondary N) is 1. The van der Waals surface area contributed by atoms with Gasteiger partial charge in [0.15, 0.2) is 0 Å².